The van der Waals surface area contributed by atoms with Gasteiger partial charge in [-0.2, -0.15) is 0 Å². The number of esters is 1. The van der Waals surface area contributed by atoms with Crippen molar-refractivity contribution in [2.24, 2.45) is 5.92 Å². The highest BCUT2D eigenvalue weighted by Gasteiger charge is 2.27. The smallest absolute Gasteiger partial charge is 0.329 e. The van der Waals surface area contributed by atoms with Crippen LogP contribution >= 0.6 is 11.6 Å². The normalized spacial score (nSPS) is 11.7. The number of rotatable bonds is 9. The molecule has 0 saturated heterocycles. The van der Waals surface area contributed by atoms with Crippen LogP contribution in [0.3, 0.4) is 0 Å². The minimum atomic E-state index is -0.958. The molecule has 3 N–H and O–H groups in total. The topological polar surface area (TPSA) is 114 Å². The molecule has 0 saturated carbocycles. The Kier molecular flexibility index (Phi) is 9.44. The Morgan fingerprint density at radius 1 is 1.00 bits per heavy atom. The number of amides is 3. The van der Waals surface area contributed by atoms with E-state index >= 15 is 0 Å². The van der Waals surface area contributed by atoms with Crippen molar-refractivity contribution in [3.05, 3.63) is 34.9 Å². The highest BCUT2D eigenvalue weighted by Crippen LogP contribution is 2.15. The van der Waals surface area contributed by atoms with Gasteiger partial charge in [0.1, 0.15) is 6.04 Å². The Labute approximate surface area is 169 Å². The first-order valence-corrected chi connectivity index (χ1v) is 9.27. The van der Waals surface area contributed by atoms with Crippen LogP contribution in [-0.2, 0) is 19.1 Å². The van der Waals surface area contributed by atoms with Gasteiger partial charge in [-0.3, -0.25) is 14.4 Å². The van der Waals surface area contributed by atoms with Crippen molar-refractivity contribution in [1.29, 1.82) is 0 Å². The third-order valence-electron chi connectivity index (χ3n) is 3.57. The van der Waals surface area contributed by atoms with Crippen LogP contribution in [0.1, 0.15) is 38.1 Å². The molecule has 1 aromatic rings. The Balaban J connectivity index is 2.56. The summed E-state index contributed by atoms with van der Waals surface area (Å²) in [7, 11) is 0. The summed E-state index contributed by atoms with van der Waals surface area (Å²) in [6, 6.07) is 5.45. The van der Waals surface area contributed by atoms with Crippen LogP contribution in [0.15, 0.2) is 24.3 Å². The van der Waals surface area contributed by atoms with E-state index in [-0.39, 0.29) is 35.0 Å². The van der Waals surface area contributed by atoms with Gasteiger partial charge in [-0.15, -0.1) is 0 Å². The molecule has 3 amide bonds. The van der Waals surface area contributed by atoms with E-state index in [0.29, 0.717) is 0 Å². The van der Waals surface area contributed by atoms with Crippen molar-refractivity contribution in [3.63, 3.8) is 0 Å². The predicted octanol–water partition coefficient (Wildman–Crippen LogP) is 1.28. The van der Waals surface area contributed by atoms with Gasteiger partial charge in [0.25, 0.3) is 11.8 Å². The monoisotopic (exact) mass is 411 g/mol. The fourth-order valence-corrected chi connectivity index (χ4v) is 2.41. The highest BCUT2D eigenvalue weighted by atomic mass is 35.5. The largest absolute Gasteiger partial charge is 0.454 e. The van der Waals surface area contributed by atoms with E-state index in [2.05, 4.69) is 16.0 Å². The minimum absolute atomic E-state index is 0.0456. The number of hydrogen-bond acceptors (Lipinski definition) is 5. The lowest BCUT2D eigenvalue weighted by Crippen LogP contribution is -2.46. The SMILES string of the molecule is CC(C)NC(=O)CNC(=O)COC(=O)[C@@H](NC(=O)c1ccccc1Cl)C(C)C. The van der Waals surface area contributed by atoms with E-state index in [1.54, 1.807) is 45.9 Å². The molecule has 0 bridgehead atoms. The van der Waals surface area contributed by atoms with Gasteiger partial charge >= 0.3 is 5.97 Å². The average Bonchev–Trinajstić information content (AvgIpc) is 2.61. The average molecular weight is 412 g/mol. The quantitative estimate of drug-likeness (QED) is 0.530. The third-order valence-corrected chi connectivity index (χ3v) is 3.90. The van der Waals surface area contributed by atoms with Gasteiger partial charge in [0, 0.05) is 6.04 Å². The number of benzene rings is 1. The second kappa shape index (κ2) is 11.3. The van der Waals surface area contributed by atoms with Crippen molar-refractivity contribution in [2.45, 2.75) is 39.8 Å². The molecule has 0 aliphatic rings. The highest BCUT2D eigenvalue weighted by molar-refractivity contribution is 6.33. The lowest BCUT2D eigenvalue weighted by atomic mass is 10.0. The maximum absolute atomic E-state index is 12.4. The van der Waals surface area contributed by atoms with Crippen molar-refractivity contribution in [3.8, 4) is 0 Å². The Bertz CT molecular complexity index is 721. The summed E-state index contributed by atoms with van der Waals surface area (Å²) in [5.74, 6) is -2.51. The number of halogens is 1. The zero-order valence-corrected chi connectivity index (χ0v) is 17.1. The third kappa shape index (κ3) is 7.96. The van der Waals surface area contributed by atoms with Crippen LogP contribution < -0.4 is 16.0 Å². The summed E-state index contributed by atoms with van der Waals surface area (Å²) >= 11 is 5.99. The van der Waals surface area contributed by atoms with Crippen molar-refractivity contribution >= 4 is 35.3 Å². The van der Waals surface area contributed by atoms with Gasteiger partial charge in [0.05, 0.1) is 17.1 Å². The molecule has 1 atom stereocenters. The molecule has 1 aromatic carbocycles. The van der Waals surface area contributed by atoms with E-state index in [9.17, 15) is 19.2 Å². The summed E-state index contributed by atoms with van der Waals surface area (Å²) in [6.45, 7) is 6.28. The van der Waals surface area contributed by atoms with E-state index in [4.69, 9.17) is 16.3 Å². The lowest BCUT2D eigenvalue weighted by Gasteiger charge is -2.21. The maximum Gasteiger partial charge on any atom is 0.329 e. The van der Waals surface area contributed by atoms with E-state index in [1.165, 1.54) is 6.07 Å². The number of nitrogens with one attached hydrogen (secondary N) is 3. The van der Waals surface area contributed by atoms with Gasteiger partial charge < -0.3 is 20.7 Å². The van der Waals surface area contributed by atoms with E-state index in [0.717, 1.165) is 0 Å². The number of ether oxygens (including phenoxy) is 1. The molecule has 1 rings (SSSR count). The van der Waals surface area contributed by atoms with Crippen LogP contribution in [-0.4, -0.2) is 48.9 Å². The van der Waals surface area contributed by atoms with Crippen LogP contribution in [0, 0.1) is 5.92 Å². The first kappa shape index (κ1) is 23.4. The summed E-state index contributed by atoms with van der Waals surface area (Å²) in [5.41, 5.74) is 0.233. The van der Waals surface area contributed by atoms with Crippen LogP contribution in [0.5, 0.6) is 0 Å². The van der Waals surface area contributed by atoms with E-state index in [1.807, 2.05) is 0 Å². The van der Waals surface area contributed by atoms with Crippen LogP contribution in [0.25, 0.3) is 0 Å². The molecular weight excluding hydrogens is 386 g/mol. The summed E-state index contributed by atoms with van der Waals surface area (Å²) in [5, 5.41) is 7.80. The molecule has 28 heavy (non-hydrogen) atoms. The van der Waals surface area contributed by atoms with E-state index < -0.39 is 30.4 Å². The fourth-order valence-electron chi connectivity index (χ4n) is 2.19. The Morgan fingerprint density at radius 3 is 2.21 bits per heavy atom. The van der Waals surface area contributed by atoms with Crippen molar-refractivity contribution < 1.29 is 23.9 Å². The summed E-state index contributed by atoms with van der Waals surface area (Å²) in [6.07, 6.45) is 0. The van der Waals surface area contributed by atoms with Crippen LogP contribution in [0.2, 0.25) is 5.02 Å². The number of carbonyl (C=O) groups excluding carboxylic acids is 4. The molecule has 0 aliphatic carbocycles. The Hall–Kier alpha value is -2.61. The van der Waals surface area contributed by atoms with Crippen molar-refractivity contribution in [2.75, 3.05) is 13.2 Å². The maximum atomic E-state index is 12.4. The molecule has 0 heterocycles. The van der Waals surface area contributed by atoms with Crippen molar-refractivity contribution in [1.82, 2.24) is 16.0 Å². The molecule has 0 spiro atoms. The van der Waals surface area contributed by atoms with Crippen LogP contribution in [0.4, 0.5) is 0 Å². The zero-order chi connectivity index (χ0) is 21.3. The number of carbonyl (C=O) groups is 4. The fraction of sp³-hybridized carbons (Fsp3) is 0.474. The molecule has 154 valence electrons. The first-order chi connectivity index (χ1) is 13.1. The van der Waals surface area contributed by atoms with Gasteiger partial charge in [0.15, 0.2) is 6.61 Å². The molecule has 8 nitrogen and oxygen atoms in total. The molecule has 0 aliphatic heterocycles. The Morgan fingerprint density at radius 2 is 1.64 bits per heavy atom. The molecule has 0 unspecified atom stereocenters. The van der Waals surface area contributed by atoms with Gasteiger partial charge in [-0.1, -0.05) is 37.6 Å². The zero-order valence-electron chi connectivity index (χ0n) is 16.4. The number of hydrogen-bond donors (Lipinski definition) is 3. The molecule has 0 fully saturated rings. The molecule has 0 aromatic heterocycles. The first-order valence-electron chi connectivity index (χ1n) is 8.90. The molecule has 9 heteroatoms. The summed E-state index contributed by atoms with van der Waals surface area (Å²) in [4.78, 5) is 47.9. The summed E-state index contributed by atoms with van der Waals surface area (Å²) < 4.78 is 4.98. The molecular formula is C19H26ClN3O5. The van der Waals surface area contributed by atoms with Gasteiger partial charge in [-0.05, 0) is 31.9 Å². The van der Waals surface area contributed by atoms with Gasteiger partial charge in [-0.25, -0.2) is 4.79 Å². The molecule has 0 radical (unpaired) electrons. The standard InChI is InChI=1S/C19H26ClN3O5/c1-11(2)17(23-18(26)13-7-5-6-8-14(13)20)19(27)28-10-16(25)21-9-15(24)22-12(3)4/h5-8,11-12,17H,9-10H2,1-4H3,(H,21,25)(H,22,24)(H,23,26)/t17-/m0/s1. The minimum Gasteiger partial charge on any atom is -0.454 e. The lowest BCUT2D eigenvalue weighted by molar-refractivity contribution is -0.151. The van der Waals surface area contributed by atoms with Gasteiger partial charge in [0.2, 0.25) is 5.91 Å². The predicted molar refractivity (Wildman–Crippen MR) is 105 cm³/mol. The second-order valence-corrected chi connectivity index (χ2v) is 7.19. The second-order valence-electron chi connectivity index (χ2n) is 6.78.